The van der Waals surface area contributed by atoms with Gasteiger partial charge in [-0.2, -0.15) is 17.5 Å². The number of nitrogens with zero attached hydrogens (tertiary/aromatic N) is 4. The molecule has 2 heterocycles. The molecule has 0 radical (unpaired) electrons. The van der Waals surface area contributed by atoms with Crippen LogP contribution >= 0.6 is 0 Å². The highest BCUT2D eigenvalue weighted by atomic mass is 32.2. The zero-order valence-corrected chi connectivity index (χ0v) is 18.3. The molecule has 1 fully saturated rings. The van der Waals surface area contributed by atoms with Gasteiger partial charge in [-0.15, -0.1) is 16.1 Å². The zero-order chi connectivity index (χ0) is 24.4. The molecule has 1 aromatic carbocycles. The number of sulfonamides is 1. The number of hydrogen-bond acceptors (Lipinski definition) is 8. The van der Waals surface area contributed by atoms with E-state index >= 15 is 0 Å². The number of benzene rings is 1. The molecule has 1 saturated heterocycles. The van der Waals surface area contributed by atoms with Gasteiger partial charge < -0.3 is 20.8 Å². The first kappa shape index (κ1) is 24.7. The largest absolute Gasteiger partial charge is 0.423 e. The van der Waals surface area contributed by atoms with Gasteiger partial charge in [0.2, 0.25) is 5.60 Å². The van der Waals surface area contributed by atoms with Crippen molar-refractivity contribution in [1.29, 1.82) is 0 Å². The van der Waals surface area contributed by atoms with Gasteiger partial charge in [-0.1, -0.05) is 18.1 Å². The molecule has 178 valence electrons. The van der Waals surface area contributed by atoms with E-state index in [0.29, 0.717) is 5.69 Å². The zero-order valence-electron chi connectivity index (χ0n) is 17.5. The summed E-state index contributed by atoms with van der Waals surface area (Å²) in [6, 6.07) is 6.86. The maximum Gasteiger partial charge on any atom is 0.423 e. The molecule has 0 amide bonds. The van der Waals surface area contributed by atoms with E-state index in [9.17, 15) is 26.7 Å². The van der Waals surface area contributed by atoms with Crippen LogP contribution in [0.15, 0.2) is 41.4 Å². The van der Waals surface area contributed by atoms with Crippen LogP contribution in [-0.4, -0.2) is 71.6 Å². The number of aliphatic hydroxyl groups excluding tert-OH is 1. The SMILES string of the molecule is CC#CC1CN(S(=O)(=O)c2ccc(N)nn2)CCN1c1ccc([C@@](O)(CO)C(F)(F)F)cc1. The Morgan fingerprint density at radius 2 is 1.82 bits per heavy atom. The van der Waals surface area contributed by atoms with Gasteiger partial charge >= 0.3 is 6.18 Å². The third kappa shape index (κ3) is 4.74. The minimum Gasteiger partial charge on any atom is -0.393 e. The van der Waals surface area contributed by atoms with Crippen molar-refractivity contribution < 1.29 is 31.8 Å². The number of nitrogen functional groups attached to an aromatic ring is 1. The number of nitrogens with two attached hydrogens (primary N) is 1. The third-order valence-electron chi connectivity index (χ3n) is 5.29. The first-order chi connectivity index (χ1) is 15.4. The van der Waals surface area contributed by atoms with Crippen LogP contribution in [0.3, 0.4) is 0 Å². The van der Waals surface area contributed by atoms with Gasteiger partial charge in [-0.05, 0) is 36.8 Å². The second-order valence-electron chi connectivity index (χ2n) is 7.33. The molecular weight excluding hydrogens is 463 g/mol. The molecule has 13 heteroatoms. The van der Waals surface area contributed by atoms with Crippen LogP contribution in [0.2, 0.25) is 0 Å². The summed E-state index contributed by atoms with van der Waals surface area (Å²) >= 11 is 0. The van der Waals surface area contributed by atoms with Crippen molar-refractivity contribution in [1.82, 2.24) is 14.5 Å². The second-order valence-corrected chi connectivity index (χ2v) is 9.21. The first-order valence-electron chi connectivity index (χ1n) is 9.73. The van der Waals surface area contributed by atoms with Crippen LogP contribution in [-0.2, 0) is 15.6 Å². The Morgan fingerprint density at radius 3 is 2.33 bits per heavy atom. The molecule has 1 aliphatic rings. The molecule has 2 aromatic rings. The van der Waals surface area contributed by atoms with Crippen LogP contribution in [0.25, 0.3) is 0 Å². The second kappa shape index (κ2) is 9.14. The van der Waals surface area contributed by atoms with Crippen molar-refractivity contribution in [2.45, 2.75) is 29.8 Å². The number of halogens is 3. The number of rotatable bonds is 5. The molecule has 33 heavy (non-hydrogen) atoms. The highest BCUT2D eigenvalue weighted by Crippen LogP contribution is 2.39. The van der Waals surface area contributed by atoms with Crippen molar-refractivity contribution >= 4 is 21.5 Å². The molecule has 3 rings (SSSR count). The summed E-state index contributed by atoms with van der Waals surface area (Å²) in [5.41, 5.74) is 2.05. The highest BCUT2D eigenvalue weighted by molar-refractivity contribution is 7.89. The van der Waals surface area contributed by atoms with Crippen LogP contribution in [0.1, 0.15) is 12.5 Å². The average molecular weight is 485 g/mol. The molecule has 0 spiro atoms. The summed E-state index contributed by atoms with van der Waals surface area (Å²) in [4.78, 5) is 1.76. The number of alkyl halides is 3. The van der Waals surface area contributed by atoms with E-state index in [2.05, 4.69) is 22.0 Å². The Morgan fingerprint density at radius 1 is 1.15 bits per heavy atom. The fourth-order valence-electron chi connectivity index (χ4n) is 3.45. The van der Waals surface area contributed by atoms with Crippen molar-refractivity contribution in [2.24, 2.45) is 0 Å². The van der Waals surface area contributed by atoms with E-state index < -0.39 is 40.0 Å². The lowest BCUT2D eigenvalue weighted by Gasteiger charge is -2.40. The minimum atomic E-state index is -5.07. The van der Waals surface area contributed by atoms with E-state index in [1.54, 1.807) is 11.8 Å². The molecular formula is C20H22F3N5O4S. The third-order valence-corrected chi connectivity index (χ3v) is 7.05. The number of aliphatic hydroxyl groups is 2. The van der Waals surface area contributed by atoms with E-state index in [0.717, 1.165) is 12.1 Å². The summed E-state index contributed by atoms with van der Waals surface area (Å²) in [6.45, 7) is 0.320. The molecule has 4 N–H and O–H groups in total. The molecule has 1 aromatic heterocycles. The lowest BCUT2D eigenvalue weighted by atomic mass is 9.93. The number of piperazine rings is 1. The Hall–Kier alpha value is -2.92. The summed E-state index contributed by atoms with van der Waals surface area (Å²) in [5, 5.41) is 26.0. The number of aromatic nitrogens is 2. The normalized spacial score (nSPS) is 19.5. The van der Waals surface area contributed by atoms with Gasteiger partial charge in [-0.3, -0.25) is 0 Å². The fourth-order valence-corrected chi connectivity index (χ4v) is 4.76. The number of anilines is 2. The predicted molar refractivity (Wildman–Crippen MR) is 113 cm³/mol. The summed E-state index contributed by atoms with van der Waals surface area (Å²) in [7, 11) is -3.96. The fraction of sp³-hybridized carbons (Fsp3) is 0.400. The maximum atomic E-state index is 13.2. The van der Waals surface area contributed by atoms with Gasteiger partial charge in [0.1, 0.15) is 11.9 Å². The molecule has 1 unspecified atom stereocenters. The van der Waals surface area contributed by atoms with Crippen molar-refractivity contribution in [3.05, 3.63) is 42.0 Å². The number of hydrogen-bond donors (Lipinski definition) is 3. The van der Waals surface area contributed by atoms with E-state index in [1.807, 2.05) is 0 Å². The minimum absolute atomic E-state index is 0.0138. The smallest absolute Gasteiger partial charge is 0.393 e. The van der Waals surface area contributed by atoms with Crippen molar-refractivity contribution in [2.75, 3.05) is 36.9 Å². The van der Waals surface area contributed by atoms with Gasteiger partial charge in [-0.25, -0.2) is 8.42 Å². The Balaban J connectivity index is 1.86. The van der Waals surface area contributed by atoms with Crippen LogP contribution in [0, 0.1) is 11.8 Å². The van der Waals surface area contributed by atoms with E-state index in [-0.39, 0.29) is 30.5 Å². The Kier molecular flexibility index (Phi) is 6.85. The molecule has 1 aliphatic heterocycles. The van der Waals surface area contributed by atoms with Crippen LogP contribution in [0.4, 0.5) is 24.7 Å². The quantitative estimate of drug-likeness (QED) is 0.528. The Bertz CT molecular complexity index is 1150. The maximum absolute atomic E-state index is 13.2. The van der Waals surface area contributed by atoms with Gasteiger partial charge in [0.05, 0.1) is 6.61 Å². The molecule has 0 aliphatic carbocycles. The van der Waals surface area contributed by atoms with Gasteiger partial charge in [0.25, 0.3) is 10.0 Å². The first-order valence-corrected chi connectivity index (χ1v) is 11.2. The highest BCUT2D eigenvalue weighted by Gasteiger charge is 2.54. The lowest BCUT2D eigenvalue weighted by Crippen LogP contribution is -2.54. The monoisotopic (exact) mass is 485 g/mol. The predicted octanol–water partition coefficient (Wildman–Crippen LogP) is 0.704. The van der Waals surface area contributed by atoms with Crippen molar-refractivity contribution in [3.8, 4) is 11.8 Å². The molecule has 2 atom stereocenters. The molecule has 0 bridgehead atoms. The standard InChI is InChI=1S/C20H22F3N5O4S/c1-2-3-16-12-27(33(31,32)18-9-8-17(24)25-26-18)10-11-28(16)15-6-4-14(5-7-15)19(30,13-29)20(21,22)23/h4-9,16,29-30H,10-13H2,1H3,(H2,24,25)/t16?,19-/m0/s1. The lowest BCUT2D eigenvalue weighted by molar-refractivity contribution is -0.277. The van der Waals surface area contributed by atoms with Gasteiger partial charge in [0, 0.05) is 25.3 Å². The summed E-state index contributed by atoms with van der Waals surface area (Å²) < 4.78 is 66.7. The Labute approximate surface area is 188 Å². The topological polar surface area (TPSA) is 133 Å². The van der Waals surface area contributed by atoms with Crippen LogP contribution in [0.5, 0.6) is 0 Å². The van der Waals surface area contributed by atoms with Crippen LogP contribution < -0.4 is 10.6 Å². The molecule has 9 nitrogen and oxygen atoms in total. The van der Waals surface area contributed by atoms with E-state index in [4.69, 9.17) is 10.8 Å². The summed E-state index contributed by atoms with van der Waals surface area (Å²) in [6.07, 6.45) is -5.07. The average Bonchev–Trinajstić information content (AvgIpc) is 2.78. The van der Waals surface area contributed by atoms with Gasteiger partial charge in [0.15, 0.2) is 5.03 Å². The molecule has 0 saturated carbocycles. The van der Waals surface area contributed by atoms with E-state index in [1.165, 1.54) is 28.6 Å². The summed E-state index contributed by atoms with van der Waals surface area (Å²) in [5.74, 6) is 5.74. The van der Waals surface area contributed by atoms with Crippen molar-refractivity contribution in [3.63, 3.8) is 0 Å².